The number of hydrogen-bond acceptors (Lipinski definition) is 6. The van der Waals surface area contributed by atoms with Gasteiger partial charge in [-0.1, -0.05) is 54.8 Å². The van der Waals surface area contributed by atoms with Crippen molar-refractivity contribution >= 4 is 33.4 Å². The monoisotopic (exact) mass is 598 g/mol. The number of halogens is 4. The molecule has 14 heteroatoms. The molecule has 2 aromatic carbocycles. The summed E-state index contributed by atoms with van der Waals surface area (Å²) in [5, 5.41) is 16.1. The first kappa shape index (κ1) is 32.5. The van der Waals surface area contributed by atoms with Crippen LogP contribution in [0, 0.1) is 11.3 Å². The molecule has 0 unspecified atom stereocenters. The molecule has 0 spiro atoms. The maximum absolute atomic E-state index is 13.1. The Hall–Kier alpha value is -3.73. The van der Waals surface area contributed by atoms with Crippen molar-refractivity contribution in [2.24, 2.45) is 0 Å². The second kappa shape index (κ2) is 14.6. The highest BCUT2D eigenvalue weighted by molar-refractivity contribution is 7.89. The zero-order valence-corrected chi connectivity index (χ0v) is 22.8. The summed E-state index contributed by atoms with van der Waals surface area (Å²) in [6, 6.07) is 15.0. The van der Waals surface area contributed by atoms with Crippen LogP contribution in [0.1, 0.15) is 56.5 Å². The minimum atomic E-state index is -5.08. The van der Waals surface area contributed by atoms with Crippen LogP contribution in [0.15, 0.2) is 59.6 Å². The third kappa shape index (κ3) is 10.1. The Bertz CT molecular complexity index is 1450. The van der Waals surface area contributed by atoms with E-state index in [9.17, 15) is 26.4 Å². The Kier molecular flexibility index (Phi) is 11.9. The number of H-pyrrole nitrogens is 1. The SMILES string of the molecule is CC(=O)CCCCC[C@H](NS(=O)(=O)c1ccc(C#N)cc1Cl)c1ncc(-c2ccccc2)[nH]1.O=C(O)C(F)(F)F. The fourth-order valence-corrected chi connectivity index (χ4v) is 5.25. The van der Waals surface area contributed by atoms with Crippen molar-refractivity contribution < 1.29 is 36.3 Å². The zero-order valence-electron chi connectivity index (χ0n) is 21.2. The molecule has 0 aliphatic heterocycles. The molecule has 3 rings (SSSR count). The van der Waals surface area contributed by atoms with Gasteiger partial charge in [0.25, 0.3) is 0 Å². The minimum Gasteiger partial charge on any atom is -0.475 e. The van der Waals surface area contributed by atoms with E-state index in [0.717, 1.165) is 24.1 Å². The van der Waals surface area contributed by atoms with Crippen LogP contribution >= 0.6 is 11.6 Å². The molecular weight excluding hydrogens is 573 g/mol. The van der Waals surface area contributed by atoms with E-state index >= 15 is 0 Å². The number of hydrogen-bond donors (Lipinski definition) is 3. The summed E-state index contributed by atoms with van der Waals surface area (Å²) >= 11 is 6.16. The van der Waals surface area contributed by atoms with E-state index in [2.05, 4.69) is 14.7 Å². The van der Waals surface area contributed by atoms with Gasteiger partial charge in [-0.3, -0.25) is 0 Å². The van der Waals surface area contributed by atoms with Gasteiger partial charge in [0.1, 0.15) is 16.5 Å². The van der Waals surface area contributed by atoms with Crippen LogP contribution in [0.4, 0.5) is 13.2 Å². The average Bonchev–Trinajstić information content (AvgIpc) is 3.38. The largest absolute Gasteiger partial charge is 0.490 e. The molecule has 1 aromatic heterocycles. The van der Waals surface area contributed by atoms with Crippen molar-refractivity contribution in [2.75, 3.05) is 0 Å². The Balaban J connectivity index is 0.000000708. The highest BCUT2D eigenvalue weighted by atomic mass is 35.5. The second-order valence-corrected chi connectivity index (χ2v) is 10.7. The minimum absolute atomic E-state index is 0.0221. The van der Waals surface area contributed by atoms with Crippen LogP contribution in [0.3, 0.4) is 0 Å². The number of aromatic amines is 1. The third-order valence-corrected chi connectivity index (χ3v) is 7.38. The number of Topliss-reactive ketones (excluding diaryl/α,β-unsaturated/α-hetero) is 1. The molecule has 0 saturated heterocycles. The second-order valence-electron chi connectivity index (χ2n) is 8.58. The summed E-state index contributed by atoms with van der Waals surface area (Å²) in [5.41, 5.74) is 2.00. The number of sulfonamides is 1. The Morgan fingerprint density at radius 3 is 2.35 bits per heavy atom. The molecule has 3 aromatic rings. The van der Waals surface area contributed by atoms with Gasteiger partial charge in [-0.05, 0) is 43.5 Å². The lowest BCUT2D eigenvalue weighted by molar-refractivity contribution is -0.192. The molecular formula is C26H26ClF3N4O5S. The van der Waals surface area contributed by atoms with Crippen molar-refractivity contribution in [1.29, 1.82) is 5.26 Å². The van der Waals surface area contributed by atoms with E-state index < -0.39 is 28.2 Å². The van der Waals surface area contributed by atoms with Gasteiger partial charge in [0.15, 0.2) is 0 Å². The molecule has 0 aliphatic rings. The van der Waals surface area contributed by atoms with E-state index in [1.54, 1.807) is 13.1 Å². The van der Waals surface area contributed by atoms with E-state index in [1.807, 2.05) is 36.4 Å². The summed E-state index contributed by atoms with van der Waals surface area (Å²) in [6.45, 7) is 1.56. The van der Waals surface area contributed by atoms with Crippen molar-refractivity contribution in [3.63, 3.8) is 0 Å². The van der Waals surface area contributed by atoms with Gasteiger partial charge in [0.05, 0.1) is 34.6 Å². The molecule has 0 aliphatic carbocycles. The topological polar surface area (TPSA) is 153 Å². The number of nitrogens with one attached hydrogen (secondary N) is 2. The standard InChI is InChI=1S/C24H25ClN4O3S.C2HF3O2/c1-17(30)8-4-2-7-11-21(24-27-16-22(28-24)19-9-5-3-6-10-19)29-33(31,32)23-13-12-18(15-26)14-20(23)25;3-2(4,5)1(6)7/h3,5-6,9-10,12-14,16,21,29H,2,4,7-8,11H2,1H3,(H,27,28);(H,6,7)/t21-;/m0./s1. The quantitative estimate of drug-likeness (QED) is 0.236. The van der Waals surface area contributed by atoms with Crippen LogP contribution in [0.5, 0.6) is 0 Å². The first-order chi connectivity index (χ1) is 18.7. The molecule has 0 amide bonds. The lowest BCUT2D eigenvalue weighted by atomic mass is 10.1. The highest BCUT2D eigenvalue weighted by Crippen LogP contribution is 2.27. The number of alkyl halides is 3. The van der Waals surface area contributed by atoms with Crippen molar-refractivity contribution in [3.05, 3.63) is 71.1 Å². The first-order valence-corrected chi connectivity index (χ1v) is 13.7. The lowest BCUT2D eigenvalue weighted by Crippen LogP contribution is -2.29. The van der Waals surface area contributed by atoms with Gasteiger partial charge in [-0.2, -0.15) is 18.4 Å². The molecule has 1 heterocycles. The molecule has 214 valence electrons. The number of rotatable bonds is 11. The molecule has 3 N–H and O–H groups in total. The maximum Gasteiger partial charge on any atom is 0.490 e. The summed E-state index contributed by atoms with van der Waals surface area (Å²) in [5.74, 6) is -2.12. The predicted octanol–water partition coefficient (Wildman–Crippen LogP) is 5.79. The third-order valence-electron chi connectivity index (χ3n) is 5.42. The van der Waals surface area contributed by atoms with E-state index in [4.69, 9.17) is 26.8 Å². The number of aliphatic carboxylic acids is 1. The summed E-state index contributed by atoms with van der Waals surface area (Å²) < 4.78 is 60.7. The molecule has 40 heavy (non-hydrogen) atoms. The molecule has 9 nitrogen and oxygen atoms in total. The number of carbonyl (C=O) groups excluding carboxylic acids is 1. The number of carboxylic acids is 1. The normalized spacial score (nSPS) is 12.1. The summed E-state index contributed by atoms with van der Waals surface area (Å²) in [4.78, 5) is 27.6. The number of unbranched alkanes of at least 4 members (excludes halogenated alkanes) is 2. The lowest BCUT2D eigenvalue weighted by Gasteiger charge is -2.18. The average molecular weight is 599 g/mol. The van der Waals surface area contributed by atoms with Crippen molar-refractivity contribution in [1.82, 2.24) is 14.7 Å². The zero-order chi connectivity index (χ0) is 29.9. The molecule has 0 fully saturated rings. The first-order valence-electron chi connectivity index (χ1n) is 11.9. The van der Waals surface area contributed by atoms with E-state index in [1.165, 1.54) is 18.2 Å². The number of aromatic nitrogens is 2. The Labute approximate surface area is 234 Å². The van der Waals surface area contributed by atoms with Gasteiger partial charge < -0.3 is 14.9 Å². The number of carbonyl (C=O) groups is 2. The van der Waals surface area contributed by atoms with Gasteiger partial charge in [-0.25, -0.2) is 22.9 Å². The fraction of sp³-hybridized carbons (Fsp3) is 0.308. The Morgan fingerprint density at radius 1 is 1.15 bits per heavy atom. The van der Waals surface area contributed by atoms with Crippen LogP contribution in [0.25, 0.3) is 11.3 Å². The van der Waals surface area contributed by atoms with Gasteiger partial charge in [0.2, 0.25) is 10.0 Å². The van der Waals surface area contributed by atoms with E-state index in [-0.39, 0.29) is 21.3 Å². The number of benzene rings is 2. The predicted molar refractivity (Wildman–Crippen MR) is 141 cm³/mol. The smallest absolute Gasteiger partial charge is 0.475 e. The highest BCUT2D eigenvalue weighted by Gasteiger charge is 2.38. The number of nitrogens with zero attached hydrogens (tertiary/aromatic N) is 2. The van der Waals surface area contributed by atoms with Crippen LogP contribution in [-0.4, -0.2) is 41.4 Å². The van der Waals surface area contributed by atoms with Gasteiger partial charge in [-0.15, -0.1) is 0 Å². The molecule has 0 radical (unpaired) electrons. The number of nitriles is 1. The molecule has 0 bridgehead atoms. The number of ketones is 1. The fourth-order valence-electron chi connectivity index (χ4n) is 3.47. The van der Waals surface area contributed by atoms with Crippen molar-refractivity contribution in [2.45, 2.75) is 56.1 Å². The summed E-state index contributed by atoms with van der Waals surface area (Å²) in [7, 11) is -3.98. The van der Waals surface area contributed by atoms with Gasteiger partial charge >= 0.3 is 12.1 Å². The van der Waals surface area contributed by atoms with Crippen LogP contribution < -0.4 is 4.72 Å². The number of imidazole rings is 1. The summed E-state index contributed by atoms with van der Waals surface area (Å²) in [6.07, 6.45) is -0.145. The molecule has 0 saturated carbocycles. The number of carboxylic acid groups (broad SMARTS) is 1. The van der Waals surface area contributed by atoms with Crippen LogP contribution in [0.2, 0.25) is 5.02 Å². The van der Waals surface area contributed by atoms with Crippen LogP contribution in [-0.2, 0) is 19.6 Å². The maximum atomic E-state index is 13.1. The van der Waals surface area contributed by atoms with Gasteiger partial charge in [0, 0.05) is 6.42 Å². The molecule has 1 atom stereocenters. The van der Waals surface area contributed by atoms with Crippen molar-refractivity contribution in [3.8, 4) is 17.3 Å². The van der Waals surface area contributed by atoms with E-state index in [0.29, 0.717) is 25.1 Å². The Morgan fingerprint density at radius 2 is 1.80 bits per heavy atom.